The number of amides is 1. The second-order valence-electron chi connectivity index (χ2n) is 5.14. The lowest BCUT2D eigenvalue weighted by molar-refractivity contribution is -0.124. The molecule has 1 aliphatic carbocycles. The summed E-state index contributed by atoms with van der Waals surface area (Å²) in [4.78, 5) is 11.8. The van der Waals surface area contributed by atoms with E-state index in [-0.39, 0.29) is 5.91 Å². The maximum absolute atomic E-state index is 11.8. The van der Waals surface area contributed by atoms with Gasteiger partial charge in [0, 0.05) is 43.9 Å². The minimum absolute atomic E-state index is 0.164. The minimum atomic E-state index is 0.164. The van der Waals surface area contributed by atoms with Crippen molar-refractivity contribution in [2.24, 2.45) is 5.92 Å². The molecule has 5 heteroatoms. The van der Waals surface area contributed by atoms with Crippen LogP contribution in [-0.4, -0.2) is 34.4 Å². The van der Waals surface area contributed by atoms with Crippen LogP contribution < -0.4 is 5.32 Å². The molecule has 5 nitrogen and oxygen atoms in total. The summed E-state index contributed by atoms with van der Waals surface area (Å²) in [6.45, 7) is 1.67. The number of rotatable bonds is 5. The average Bonchev–Trinajstić information content (AvgIpc) is 2.95. The topological polar surface area (TPSA) is 56.2 Å². The van der Waals surface area contributed by atoms with Gasteiger partial charge in [-0.25, -0.2) is 0 Å². The molecule has 0 aromatic carbocycles. The summed E-state index contributed by atoms with van der Waals surface area (Å²) >= 11 is 0. The molecule has 2 aliphatic rings. The molecule has 0 radical (unpaired) electrons. The molecule has 3 atom stereocenters. The quantitative estimate of drug-likeness (QED) is 0.845. The summed E-state index contributed by atoms with van der Waals surface area (Å²) < 4.78 is 7.39. The van der Waals surface area contributed by atoms with Gasteiger partial charge in [-0.05, 0) is 25.3 Å². The number of fused-ring (bicyclic) bond motifs is 1. The molecular weight excluding hydrogens is 230 g/mol. The fourth-order valence-corrected chi connectivity index (χ4v) is 2.88. The molecule has 1 amide bonds. The summed E-state index contributed by atoms with van der Waals surface area (Å²) in [5.41, 5.74) is 0. The Kier molecular flexibility index (Phi) is 3.32. The molecule has 0 unspecified atom stereocenters. The van der Waals surface area contributed by atoms with Gasteiger partial charge in [0.25, 0.3) is 0 Å². The van der Waals surface area contributed by atoms with Crippen LogP contribution in [0.5, 0.6) is 0 Å². The number of carbonyl (C=O) groups is 1. The predicted octanol–water partition coefficient (Wildman–Crippen LogP) is 0.957. The van der Waals surface area contributed by atoms with Gasteiger partial charge in [-0.2, -0.15) is 5.10 Å². The van der Waals surface area contributed by atoms with Gasteiger partial charge in [-0.1, -0.05) is 0 Å². The van der Waals surface area contributed by atoms with Gasteiger partial charge >= 0.3 is 0 Å². The second-order valence-corrected chi connectivity index (χ2v) is 5.14. The van der Waals surface area contributed by atoms with Crippen LogP contribution in [0.4, 0.5) is 0 Å². The zero-order valence-electron chi connectivity index (χ0n) is 10.4. The van der Waals surface area contributed by atoms with E-state index >= 15 is 0 Å². The van der Waals surface area contributed by atoms with Crippen LogP contribution in [0.15, 0.2) is 18.5 Å². The summed E-state index contributed by atoms with van der Waals surface area (Å²) in [6.07, 6.45) is 7.61. The fourth-order valence-electron chi connectivity index (χ4n) is 2.88. The van der Waals surface area contributed by atoms with E-state index in [9.17, 15) is 4.79 Å². The Morgan fingerprint density at radius 3 is 3.28 bits per heavy atom. The SMILES string of the molecule is O=C(CCCn1cccn1)N[C@H]1C[C@@H]2OCC[C@H]12. The molecule has 98 valence electrons. The molecule has 1 aromatic rings. The lowest BCUT2D eigenvalue weighted by Gasteiger charge is -2.39. The van der Waals surface area contributed by atoms with Crippen LogP contribution in [-0.2, 0) is 16.1 Å². The highest BCUT2D eigenvalue weighted by atomic mass is 16.5. The normalized spacial score (nSPS) is 29.7. The lowest BCUT2D eigenvalue weighted by atomic mass is 9.76. The highest BCUT2D eigenvalue weighted by molar-refractivity contribution is 5.76. The van der Waals surface area contributed by atoms with Gasteiger partial charge in [-0.15, -0.1) is 0 Å². The highest BCUT2D eigenvalue weighted by Gasteiger charge is 2.45. The number of hydrogen-bond donors (Lipinski definition) is 1. The van der Waals surface area contributed by atoms with Crippen molar-refractivity contribution in [2.75, 3.05) is 6.61 Å². The lowest BCUT2D eigenvalue weighted by Crippen LogP contribution is -2.53. The van der Waals surface area contributed by atoms with E-state index in [0.29, 0.717) is 24.5 Å². The third kappa shape index (κ3) is 2.41. The molecule has 18 heavy (non-hydrogen) atoms. The predicted molar refractivity (Wildman–Crippen MR) is 65.9 cm³/mol. The largest absolute Gasteiger partial charge is 0.378 e. The van der Waals surface area contributed by atoms with Crippen molar-refractivity contribution in [2.45, 2.75) is 44.4 Å². The Morgan fingerprint density at radius 2 is 2.50 bits per heavy atom. The first-order valence-electron chi connectivity index (χ1n) is 6.71. The number of aromatic nitrogens is 2. The number of aryl methyl sites for hydroxylation is 1. The molecule has 1 saturated carbocycles. The molecule has 3 rings (SSSR count). The van der Waals surface area contributed by atoms with Gasteiger partial charge in [0.1, 0.15) is 0 Å². The third-order valence-corrected chi connectivity index (χ3v) is 3.96. The van der Waals surface area contributed by atoms with Crippen LogP contribution >= 0.6 is 0 Å². The third-order valence-electron chi connectivity index (χ3n) is 3.96. The van der Waals surface area contributed by atoms with Crippen molar-refractivity contribution < 1.29 is 9.53 Å². The molecule has 0 bridgehead atoms. The van der Waals surface area contributed by atoms with E-state index in [2.05, 4.69) is 10.4 Å². The number of nitrogens with one attached hydrogen (secondary N) is 1. The van der Waals surface area contributed by atoms with Crippen molar-refractivity contribution in [1.29, 1.82) is 0 Å². The molecule has 2 fully saturated rings. The molecule has 1 N–H and O–H groups in total. The smallest absolute Gasteiger partial charge is 0.220 e. The summed E-state index contributed by atoms with van der Waals surface area (Å²) in [5.74, 6) is 0.734. The Balaban J connectivity index is 1.35. The van der Waals surface area contributed by atoms with Crippen molar-refractivity contribution in [3.05, 3.63) is 18.5 Å². The van der Waals surface area contributed by atoms with E-state index in [1.165, 1.54) is 0 Å². The molecule has 2 heterocycles. The first kappa shape index (κ1) is 11.7. The molecule has 1 saturated heterocycles. The van der Waals surface area contributed by atoms with Crippen LogP contribution in [0.3, 0.4) is 0 Å². The van der Waals surface area contributed by atoms with Gasteiger partial charge in [0.05, 0.1) is 6.10 Å². The van der Waals surface area contributed by atoms with E-state index < -0.39 is 0 Å². The number of ether oxygens (including phenoxy) is 1. The van der Waals surface area contributed by atoms with Gasteiger partial charge in [-0.3, -0.25) is 9.48 Å². The molecule has 0 spiro atoms. The van der Waals surface area contributed by atoms with E-state index in [1.807, 2.05) is 16.9 Å². The Morgan fingerprint density at radius 1 is 1.56 bits per heavy atom. The van der Waals surface area contributed by atoms with Gasteiger partial charge < -0.3 is 10.1 Å². The highest BCUT2D eigenvalue weighted by Crippen LogP contribution is 2.38. The van der Waals surface area contributed by atoms with Crippen molar-refractivity contribution in [3.8, 4) is 0 Å². The zero-order chi connectivity index (χ0) is 12.4. The Hall–Kier alpha value is -1.36. The van der Waals surface area contributed by atoms with E-state index in [4.69, 9.17) is 4.74 Å². The Labute approximate surface area is 107 Å². The zero-order valence-corrected chi connectivity index (χ0v) is 10.4. The minimum Gasteiger partial charge on any atom is -0.378 e. The van der Waals surface area contributed by atoms with E-state index in [0.717, 1.165) is 32.4 Å². The first-order chi connectivity index (χ1) is 8.83. The monoisotopic (exact) mass is 249 g/mol. The standard InChI is InChI=1S/C13H19N3O2/c17-13(3-1-6-16-7-2-5-14-16)15-11-9-12-10(11)4-8-18-12/h2,5,7,10-12H,1,3-4,6,8-9H2,(H,15,17)/t10-,11+,12+/m1/s1. The molecular formula is C13H19N3O2. The van der Waals surface area contributed by atoms with Crippen LogP contribution in [0.1, 0.15) is 25.7 Å². The summed E-state index contributed by atoms with van der Waals surface area (Å²) in [6, 6.07) is 2.25. The number of nitrogens with zero attached hydrogens (tertiary/aromatic N) is 2. The first-order valence-corrected chi connectivity index (χ1v) is 6.71. The maximum Gasteiger partial charge on any atom is 0.220 e. The van der Waals surface area contributed by atoms with Gasteiger partial charge in [0.15, 0.2) is 0 Å². The Bertz CT molecular complexity index is 404. The summed E-state index contributed by atoms with van der Waals surface area (Å²) in [5, 5.41) is 7.23. The van der Waals surface area contributed by atoms with Crippen molar-refractivity contribution >= 4 is 5.91 Å². The molecule has 1 aliphatic heterocycles. The average molecular weight is 249 g/mol. The van der Waals surface area contributed by atoms with Crippen LogP contribution in [0, 0.1) is 5.92 Å². The molecule has 1 aromatic heterocycles. The van der Waals surface area contributed by atoms with E-state index in [1.54, 1.807) is 6.20 Å². The van der Waals surface area contributed by atoms with Crippen molar-refractivity contribution in [3.63, 3.8) is 0 Å². The van der Waals surface area contributed by atoms with Crippen LogP contribution in [0.2, 0.25) is 0 Å². The summed E-state index contributed by atoms with van der Waals surface area (Å²) in [7, 11) is 0. The maximum atomic E-state index is 11.8. The number of carbonyl (C=O) groups excluding carboxylic acids is 1. The van der Waals surface area contributed by atoms with Gasteiger partial charge in [0.2, 0.25) is 5.91 Å². The van der Waals surface area contributed by atoms with Crippen molar-refractivity contribution in [1.82, 2.24) is 15.1 Å². The fraction of sp³-hybridized carbons (Fsp3) is 0.692. The number of hydrogen-bond acceptors (Lipinski definition) is 3. The van der Waals surface area contributed by atoms with Crippen LogP contribution in [0.25, 0.3) is 0 Å². The second kappa shape index (κ2) is 5.10.